The van der Waals surface area contributed by atoms with Gasteiger partial charge in [0.15, 0.2) is 0 Å². The molecule has 17 heavy (non-hydrogen) atoms. The molecule has 0 aliphatic rings. The first-order chi connectivity index (χ1) is 7.56. The van der Waals surface area contributed by atoms with Crippen molar-refractivity contribution in [2.75, 3.05) is 14.1 Å². The second-order valence-electron chi connectivity index (χ2n) is 3.42. The standard InChI is InChI=1S/C8H11ClN2O4S2/c1-11(2)17(14,15)6-3-4-7(9)8(5-6)16(10,12)13/h3-5H,1-2H3,(H2,10,12,13). The zero-order valence-electron chi connectivity index (χ0n) is 9.08. The molecule has 9 heteroatoms. The molecule has 1 aromatic rings. The zero-order chi connectivity index (χ0) is 13.4. The highest BCUT2D eigenvalue weighted by Gasteiger charge is 2.21. The Bertz CT molecular complexity index is 637. The SMILES string of the molecule is CN(C)S(=O)(=O)c1ccc(Cl)c(S(N)(=O)=O)c1. The first-order valence-electron chi connectivity index (χ1n) is 4.31. The van der Waals surface area contributed by atoms with Crippen molar-refractivity contribution in [1.29, 1.82) is 0 Å². The molecular formula is C8H11ClN2O4S2. The second-order valence-corrected chi connectivity index (χ2v) is 7.51. The third-order valence-electron chi connectivity index (χ3n) is 1.99. The Morgan fingerprint density at radius 1 is 1.18 bits per heavy atom. The topological polar surface area (TPSA) is 97.5 Å². The highest BCUT2D eigenvalue weighted by molar-refractivity contribution is 7.90. The Kier molecular flexibility index (Phi) is 3.84. The number of hydrogen-bond donors (Lipinski definition) is 1. The summed E-state index contributed by atoms with van der Waals surface area (Å²) < 4.78 is 46.9. The van der Waals surface area contributed by atoms with Crippen LogP contribution in [0, 0.1) is 0 Å². The molecule has 0 saturated heterocycles. The van der Waals surface area contributed by atoms with E-state index in [1.165, 1.54) is 26.2 Å². The van der Waals surface area contributed by atoms with Crippen LogP contribution in [0.5, 0.6) is 0 Å². The molecule has 96 valence electrons. The third kappa shape index (κ3) is 2.96. The molecule has 0 aromatic heterocycles. The van der Waals surface area contributed by atoms with E-state index >= 15 is 0 Å². The molecule has 0 bridgehead atoms. The van der Waals surface area contributed by atoms with Gasteiger partial charge in [-0.2, -0.15) is 0 Å². The van der Waals surface area contributed by atoms with E-state index in [4.69, 9.17) is 16.7 Å². The van der Waals surface area contributed by atoms with E-state index in [0.29, 0.717) is 0 Å². The fourth-order valence-corrected chi connectivity index (χ4v) is 3.15. The van der Waals surface area contributed by atoms with E-state index in [2.05, 4.69) is 0 Å². The number of primary sulfonamides is 1. The quantitative estimate of drug-likeness (QED) is 0.864. The maximum absolute atomic E-state index is 11.8. The van der Waals surface area contributed by atoms with Gasteiger partial charge in [-0.25, -0.2) is 26.3 Å². The first kappa shape index (κ1) is 14.4. The Hall–Kier alpha value is -0.670. The molecule has 0 spiro atoms. The highest BCUT2D eigenvalue weighted by atomic mass is 35.5. The molecule has 0 radical (unpaired) electrons. The second kappa shape index (κ2) is 4.54. The van der Waals surface area contributed by atoms with Gasteiger partial charge in [0, 0.05) is 14.1 Å². The lowest BCUT2D eigenvalue weighted by Gasteiger charge is -2.12. The van der Waals surface area contributed by atoms with Gasteiger partial charge in [-0.1, -0.05) is 11.6 Å². The summed E-state index contributed by atoms with van der Waals surface area (Å²) in [5.74, 6) is 0. The first-order valence-corrected chi connectivity index (χ1v) is 7.68. The summed E-state index contributed by atoms with van der Waals surface area (Å²) in [5.41, 5.74) is 0. The van der Waals surface area contributed by atoms with Crippen molar-refractivity contribution in [2.45, 2.75) is 9.79 Å². The summed E-state index contributed by atoms with van der Waals surface area (Å²) in [4.78, 5) is -0.599. The van der Waals surface area contributed by atoms with E-state index in [1.54, 1.807) is 0 Å². The molecule has 6 nitrogen and oxygen atoms in total. The van der Waals surface area contributed by atoms with Crippen LogP contribution in [0.15, 0.2) is 28.0 Å². The van der Waals surface area contributed by atoms with Crippen LogP contribution in [0.4, 0.5) is 0 Å². The Labute approximate surface area is 105 Å². The Balaban J connectivity index is 3.54. The van der Waals surface area contributed by atoms with Crippen molar-refractivity contribution in [3.8, 4) is 0 Å². The minimum Gasteiger partial charge on any atom is -0.225 e. The molecule has 0 aliphatic carbocycles. The van der Waals surface area contributed by atoms with Gasteiger partial charge in [-0.05, 0) is 18.2 Å². The van der Waals surface area contributed by atoms with E-state index in [-0.39, 0.29) is 9.92 Å². The van der Waals surface area contributed by atoms with Crippen molar-refractivity contribution in [3.63, 3.8) is 0 Å². The molecule has 0 unspecified atom stereocenters. The predicted octanol–water partition coefficient (Wildman–Crippen LogP) is 0.238. The predicted molar refractivity (Wildman–Crippen MR) is 63.7 cm³/mol. The van der Waals surface area contributed by atoms with Gasteiger partial charge in [0.1, 0.15) is 4.90 Å². The third-order valence-corrected chi connectivity index (χ3v) is 5.19. The highest BCUT2D eigenvalue weighted by Crippen LogP contribution is 2.24. The molecule has 0 atom stereocenters. The van der Waals surface area contributed by atoms with Crippen molar-refractivity contribution in [3.05, 3.63) is 23.2 Å². The van der Waals surface area contributed by atoms with Crippen LogP contribution in [0.2, 0.25) is 5.02 Å². The monoisotopic (exact) mass is 298 g/mol. The van der Waals surface area contributed by atoms with Crippen LogP contribution in [0.1, 0.15) is 0 Å². The normalized spacial score (nSPS) is 13.0. The maximum atomic E-state index is 11.8. The molecule has 1 aromatic carbocycles. The van der Waals surface area contributed by atoms with E-state index in [1.807, 2.05) is 0 Å². The number of rotatable bonds is 3. The Morgan fingerprint density at radius 3 is 2.12 bits per heavy atom. The largest absolute Gasteiger partial charge is 0.242 e. The van der Waals surface area contributed by atoms with Gasteiger partial charge < -0.3 is 0 Å². The molecular weight excluding hydrogens is 288 g/mol. The average molecular weight is 299 g/mol. The number of sulfonamides is 2. The van der Waals surface area contributed by atoms with Crippen molar-refractivity contribution in [1.82, 2.24) is 4.31 Å². The Morgan fingerprint density at radius 2 is 1.71 bits per heavy atom. The van der Waals surface area contributed by atoms with Gasteiger partial charge in [0.2, 0.25) is 20.0 Å². The zero-order valence-corrected chi connectivity index (χ0v) is 11.5. The van der Waals surface area contributed by atoms with Crippen LogP contribution in [0.25, 0.3) is 0 Å². The van der Waals surface area contributed by atoms with Crippen molar-refractivity contribution >= 4 is 31.6 Å². The molecule has 0 aliphatic heterocycles. The average Bonchev–Trinajstić information content (AvgIpc) is 2.15. The van der Waals surface area contributed by atoms with Crippen LogP contribution in [0.3, 0.4) is 0 Å². The number of hydrogen-bond acceptors (Lipinski definition) is 4. The lowest BCUT2D eigenvalue weighted by Crippen LogP contribution is -2.23. The lowest BCUT2D eigenvalue weighted by molar-refractivity contribution is 0.520. The lowest BCUT2D eigenvalue weighted by atomic mass is 10.4. The minimum absolute atomic E-state index is 0.120. The minimum atomic E-state index is -4.06. The molecule has 0 fully saturated rings. The number of nitrogens with zero attached hydrogens (tertiary/aromatic N) is 1. The van der Waals surface area contributed by atoms with Crippen LogP contribution < -0.4 is 5.14 Å². The summed E-state index contributed by atoms with van der Waals surface area (Å²) in [6.07, 6.45) is 0. The van der Waals surface area contributed by atoms with Crippen molar-refractivity contribution < 1.29 is 16.8 Å². The van der Waals surface area contributed by atoms with Crippen LogP contribution in [-0.4, -0.2) is 35.2 Å². The fraction of sp³-hybridized carbons (Fsp3) is 0.250. The summed E-state index contributed by atoms with van der Waals surface area (Å²) in [5, 5.41) is 4.81. The molecule has 2 N–H and O–H groups in total. The summed E-state index contributed by atoms with van der Waals surface area (Å²) in [6.45, 7) is 0. The number of halogens is 1. The van der Waals surface area contributed by atoms with Gasteiger partial charge in [-0.3, -0.25) is 0 Å². The van der Waals surface area contributed by atoms with Gasteiger partial charge >= 0.3 is 0 Å². The summed E-state index contributed by atoms with van der Waals surface area (Å²) in [7, 11) is -5.11. The molecule has 1 rings (SSSR count). The van der Waals surface area contributed by atoms with E-state index in [0.717, 1.165) is 10.4 Å². The van der Waals surface area contributed by atoms with Crippen LogP contribution in [-0.2, 0) is 20.0 Å². The van der Waals surface area contributed by atoms with Crippen molar-refractivity contribution in [2.24, 2.45) is 5.14 Å². The van der Waals surface area contributed by atoms with Gasteiger partial charge in [-0.15, -0.1) is 0 Å². The molecule has 0 saturated carbocycles. The molecule has 0 amide bonds. The smallest absolute Gasteiger partial charge is 0.225 e. The van der Waals surface area contributed by atoms with E-state index < -0.39 is 24.9 Å². The van der Waals surface area contributed by atoms with Gasteiger partial charge in [0.05, 0.1) is 9.92 Å². The summed E-state index contributed by atoms with van der Waals surface area (Å²) in [6, 6.07) is 3.33. The maximum Gasteiger partial charge on any atom is 0.242 e. The number of nitrogens with two attached hydrogens (primary N) is 1. The van der Waals surface area contributed by atoms with Crippen LogP contribution >= 0.6 is 11.6 Å². The fourth-order valence-electron chi connectivity index (χ4n) is 1.07. The summed E-state index contributed by atoms with van der Waals surface area (Å²) >= 11 is 5.64. The van der Waals surface area contributed by atoms with Gasteiger partial charge in [0.25, 0.3) is 0 Å². The van der Waals surface area contributed by atoms with E-state index in [9.17, 15) is 16.8 Å². The molecule has 0 heterocycles. The number of benzene rings is 1.